The number of rotatable bonds is 6. The van der Waals surface area contributed by atoms with Crippen molar-refractivity contribution in [2.45, 2.75) is 46.0 Å². The first-order valence-corrected chi connectivity index (χ1v) is 6.33. The minimum absolute atomic E-state index is 0.987. The summed E-state index contributed by atoms with van der Waals surface area (Å²) in [5, 5.41) is 0. The summed E-state index contributed by atoms with van der Waals surface area (Å²) < 4.78 is 1.86. The van der Waals surface area contributed by atoms with Crippen molar-refractivity contribution in [3.05, 3.63) is 23.8 Å². The van der Waals surface area contributed by atoms with Gasteiger partial charge in [0.2, 0.25) is 0 Å². The Bertz CT molecular complexity index is 296. The zero-order chi connectivity index (χ0) is 11.1. The highest BCUT2D eigenvalue weighted by atomic mass is 79.9. The SMILES string of the molecule is CCCCCC/C=C/c1cn(Br)c(C)n1. The lowest BCUT2D eigenvalue weighted by atomic mass is 10.1. The molecule has 0 bridgehead atoms. The molecule has 0 aliphatic carbocycles. The Kier molecular flexibility index (Phi) is 5.69. The summed E-state index contributed by atoms with van der Waals surface area (Å²) in [7, 11) is 0. The van der Waals surface area contributed by atoms with Crippen LogP contribution in [0, 0.1) is 6.92 Å². The summed E-state index contributed by atoms with van der Waals surface area (Å²) in [6, 6.07) is 0. The lowest BCUT2D eigenvalue weighted by Crippen LogP contribution is -1.78. The Hall–Kier alpha value is -0.570. The van der Waals surface area contributed by atoms with Gasteiger partial charge >= 0.3 is 0 Å². The highest BCUT2D eigenvalue weighted by Gasteiger charge is 1.96. The van der Waals surface area contributed by atoms with Crippen molar-refractivity contribution in [2.75, 3.05) is 0 Å². The molecule has 0 saturated heterocycles. The van der Waals surface area contributed by atoms with Crippen molar-refractivity contribution in [1.29, 1.82) is 0 Å². The Labute approximate surface area is 101 Å². The van der Waals surface area contributed by atoms with Crippen LogP contribution in [0.2, 0.25) is 0 Å². The van der Waals surface area contributed by atoms with E-state index in [1.54, 1.807) is 0 Å². The fourth-order valence-corrected chi connectivity index (χ4v) is 1.74. The van der Waals surface area contributed by atoms with Gasteiger partial charge in [-0.25, -0.2) is 4.98 Å². The molecule has 2 nitrogen and oxygen atoms in total. The van der Waals surface area contributed by atoms with E-state index in [4.69, 9.17) is 0 Å². The van der Waals surface area contributed by atoms with Gasteiger partial charge in [0.25, 0.3) is 0 Å². The van der Waals surface area contributed by atoms with E-state index in [0.29, 0.717) is 0 Å². The normalized spacial score (nSPS) is 11.4. The Balaban J connectivity index is 2.26. The second kappa shape index (κ2) is 6.83. The number of aryl methyl sites for hydroxylation is 1. The van der Waals surface area contributed by atoms with E-state index in [1.165, 1.54) is 25.7 Å². The average Bonchev–Trinajstić information content (AvgIpc) is 2.52. The number of hydrogen-bond donors (Lipinski definition) is 0. The Morgan fingerprint density at radius 3 is 2.80 bits per heavy atom. The first-order valence-electron chi connectivity index (χ1n) is 5.62. The zero-order valence-corrected chi connectivity index (χ0v) is 11.1. The molecule has 0 N–H and O–H groups in total. The van der Waals surface area contributed by atoms with Crippen LogP contribution in [-0.2, 0) is 0 Å². The van der Waals surface area contributed by atoms with E-state index in [-0.39, 0.29) is 0 Å². The molecule has 0 radical (unpaired) electrons. The van der Waals surface area contributed by atoms with Crippen molar-refractivity contribution in [3.8, 4) is 0 Å². The molecule has 0 aliphatic heterocycles. The number of nitrogens with zero attached hydrogens (tertiary/aromatic N) is 2. The van der Waals surface area contributed by atoms with Crippen molar-refractivity contribution in [3.63, 3.8) is 0 Å². The van der Waals surface area contributed by atoms with Crippen molar-refractivity contribution >= 4 is 22.2 Å². The molecule has 0 spiro atoms. The molecule has 3 heteroatoms. The summed E-state index contributed by atoms with van der Waals surface area (Å²) in [6.07, 6.45) is 12.7. The van der Waals surface area contributed by atoms with Gasteiger partial charge in [0.15, 0.2) is 0 Å². The molecular weight excluding hydrogens is 252 g/mol. The third-order valence-corrected chi connectivity index (χ3v) is 3.08. The number of halogens is 1. The van der Waals surface area contributed by atoms with E-state index in [0.717, 1.165) is 17.9 Å². The maximum Gasteiger partial charge on any atom is 0.116 e. The van der Waals surface area contributed by atoms with Gasteiger partial charge in [0, 0.05) is 6.20 Å². The third kappa shape index (κ3) is 4.65. The van der Waals surface area contributed by atoms with Gasteiger partial charge in [0.1, 0.15) is 5.82 Å². The van der Waals surface area contributed by atoms with Crippen LogP contribution in [0.25, 0.3) is 6.08 Å². The maximum atomic E-state index is 4.37. The molecule has 0 atom stereocenters. The van der Waals surface area contributed by atoms with Crippen LogP contribution in [0.3, 0.4) is 0 Å². The Morgan fingerprint density at radius 1 is 1.40 bits per heavy atom. The number of allylic oxidation sites excluding steroid dienone is 1. The van der Waals surface area contributed by atoms with Crippen LogP contribution in [-0.4, -0.2) is 8.58 Å². The molecule has 0 aromatic carbocycles. The molecule has 1 aromatic heterocycles. The molecule has 1 heterocycles. The molecule has 1 rings (SSSR count). The predicted octanol–water partition coefficient (Wildman–Crippen LogP) is 4.33. The van der Waals surface area contributed by atoms with Gasteiger partial charge in [-0.2, -0.15) is 0 Å². The maximum absolute atomic E-state index is 4.37. The molecule has 0 aliphatic rings. The van der Waals surface area contributed by atoms with Crippen LogP contribution in [0.4, 0.5) is 0 Å². The van der Waals surface area contributed by atoms with Crippen molar-refractivity contribution in [1.82, 2.24) is 8.58 Å². The molecule has 1 aromatic rings. The number of unbranched alkanes of at least 4 members (excludes halogenated alkanes) is 4. The van der Waals surface area contributed by atoms with E-state index in [2.05, 4.69) is 40.2 Å². The minimum atomic E-state index is 0.987. The fraction of sp³-hybridized carbons (Fsp3) is 0.583. The van der Waals surface area contributed by atoms with Gasteiger partial charge in [-0.15, -0.1) is 0 Å². The minimum Gasteiger partial charge on any atom is -0.270 e. The topological polar surface area (TPSA) is 17.8 Å². The summed E-state index contributed by atoms with van der Waals surface area (Å²) in [5.41, 5.74) is 1.03. The molecular formula is C12H19BrN2. The van der Waals surface area contributed by atoms with E-state index in [9.17, 15) is 0 Å². The number of imidazole rings is 1. The van der Waals surface area contributed by atoms with Crippen molar-refractivity contribution in [2.24, 2.45) is 0 Å². The van der Waals surface area contributed by atoms with E-state index < -0.39 is 0 Å². The van der Waals surface area contributed by atoms with Gasteiger partial charge < -0.3 is 0 Å². The van der Waals surface area contributed by atoms with Crippen LogP contribution in [0.1, 0.15) is 50.5 Å². The molecule has 0 fully saturated rings. The largest absolute Gasteiger partial charge is 0.270 e. The van der Waals surface area contributed by atoms with Gasteiger partial charge in [-0.1, -0.05) is 32.3 Å². The summed E-state index contributed by atoms with van der Waals surface area (Å²) in [4.78, 5) is 4.37. The van der Waals surface area contributed by atoms with Crippen LogP contribution >= 0.6 is 16.1 Å². The van der Waals surface area contributed by atoms with E-state index >= 15 is 0 Å². The Morgan fingerprint density at radius 2 is 2.20 bits per heavy atom. The lowest BCUT2D eigenvalue weighted by molar-refractivity contribution is 0.675. The predicted molar refractivity (Wildman–Crippen MR) is 69.1 cm³/mol. The zero-order valence-electron chi connectivity index (χ0n) is 9.54. The summed E-state index contributed by atoms with van der Waals surface area (Å²) in [6.45, 7) is 4.22. The molecule has 15 heavy (non-hydrogen) atoms. The van der Waals surface area contributed by atoms with E-state index in [1.807, 2.05) is 16.7 Å². The smallest absolute Gasteiger partial charge is 0.116 e. The number of aromatic nitrogens is 2. The molecule has 0 saturated carbocycles. The van der Waals surface area contributed by atoms with Gasteiger partial charge in [0.05, 0.1) is 21.8 Å². The van der Waals surface area contributed by atoms with Gasteiger partial charge in [-0.05, 0) is 25.8 Å². The van der Waals surface area contributed by atoms with Crippen LogP contribution in [0.5, 0.6) is 0 Å². The second-order valence-electron chi connectivity index (χ2n) is 3.78. The molecule has 0 unspecified atom stereocenters. The monoisotopic (exact) mass is 270 g/mol. The summed E-state index contributed by atoms with van der Waals surface area (Å²) >= 11 is 3.38. The fourth-order valence-electron chi connectivity index (χ4n) is 1.45. The van der Waals surface area contributed by atoms with Gasteiger partial charge in [-0.3, -0.25) is 3.59 Å². The van der Waals surface area contributed by atoms with Crippen LogP contribution in [0.15, 0.2) is 12.3 Å². The number of hydrogen-bond acceptors (Lipinski definition) is 1. The lowest BCUT2D eigenvalue weighted by Gasteiger charge is -1.93. The van der Waals surface area contributed by atoms with Crippen LogP contribution < -0.4 is 0 Å². The summed E-state index contributed by atoms with van der Waals surface area (Å²) in [5.74, 6) is 0.987. The average molecular weight is 271 g/mol. The second-order valence-corrected chi connectivity index (χ2v) is 4.54. The third-order valence-electron chi connectivity index (χ3n) is 2.36. The quantitative estimate of drug-likeness (QED) is 0.704. The van der Waals surface area contributed by atoms with Crippen molar-refractivity contribution < 1.29 is 0 Å². The first kappa shape index (κ1) is 12.5. The first-order chi connectivity index (χ1) is 7.24. The molecule has 0 amide bonds. The molecule has 84 valence electrons. The standard InChI is InChI=1S/C12H19BrN2/c1-3-4-5-6-7-8-9-12-10-15(13)11(2)14-12/h8-10H,3-7H2,1-2H3/b9-8+. The highest BCUT2D eigenvalue weighted by Crippen LogP contribution is 2.09. The highest BCUT2D eigenvalue weighted by molar-refractivity contribution is 9.08.